The Morgan fingerprint density at radius 2 is 0.540 bits per heavy atom. The van der Waals surface area contributed by atoms with Crippen LogP contribution in [0.15, 0.2) is 18.2 Å². The van der Waals surface area contributed by atoms with E-state index in [2.05, 4.69) is 0 Å². The topological polar surface area (TPSA) is 0 Å². The summed E-state index contributed by atoms with van der Waals surface area (Å²) in [5, 5.41) is 0. The Morgan fingerprint density at radius 1 is 0.340 bits per heavy atom. The molecule has 3 fully saturated rings. The van der Waals surface area contributed by atoms with Gasteiger partial charge < -0.3 is 0 Å². The molecule has 0 atom stereocenters. The molecule has 0 radical (unpaired) electrons. The molecule has 3 saturated carbocycles. The summed E-state index contributed by atoms with van der Waals surface area (Å²) in [4.78, 5) is 0. The second-order valence-electron chi connectivity index (χ2n) is 14.2. The van der Waals surface area contributed by atoms with Crippen molar-refractivity contribution in [1.29, 1.82) is 0 Å². The molecule has 0 spiro atoms. The van der Waals surface area contributed by atoms with Crippen molar-refractivity contribution in [3.63, 3.8) is 0 Å². The minimum absolute atomic E-state index is 0.174. The summed E-state index contributed by atoms with van der Waals surface area (Å²) in [6, 6.07) is -0.641. The van der Waals surface area contributed by atoms with Crippen LogP contribution in [0.2, 0.25) is 0 Å². The number of benzene rings is 3. The molecule has 3 aliphatic rings. The molecular weight excluding hydrogens is 702 g/mol. The van der Waals surface area contributed by atoms with Crippen molar-refractivity contribution in [3.05, 3.63) is 88.0 Å². The number of halogens is 12. The third-order valence-electron chi connectivity index (χ3n) is 12.0. The van der Waals surface area contributed by atoms with E-state index in [1.165, 1.54) is 0 Å². The van der Waals surface area contributed by atoms with Crippen molar-refractivity contribution in [1.82, 2.24) is 0 Å². The van der Waals surface area contributed by atoms with Crippen molar-refractivity contribution in [2.24, 2.45) is 0 Å². The van der Waals surface area contributed by atoms with E-state index in [-0.39, 0.29) is 56.7 Å². The SMILES string of the molecule is Fc1cc(F)c(F)c([B-](c2c(F)c(F)cc(F)c2F)(c2c(F)c(F)cc(F)c2F)[P+](C2CCCCC2)(C2CCCCC2)C2CCCCC2)c1F. The van der Waals surface area contributed by atoms with Crippen LogP contribution in [-0.2, 0) is 0 Å². The third-order valence-corrected chi connectivity index (χ3v) is 19.4. The molecule has 0 bridgehead atoms. The smallest absolute Gasteiger partial charge is 0.207 e. The third kappa shape index (κ3) is 5.58. The van der Waals surface area contributed by atoms with Gasteiger partial charge in [-0.25, -0.2) is 52.7 Å². The normalized spacial score (nSPS) is 19.0. The first-order chi connectivity index (χ1) is 23.8. The fourth-order valence-electron chi connectivity index (χ4n) is 10.4. The zero-order valence-electron chi connectivity index (χ0n) is 27.1. The fraction of sp³-hybridized carbons (Fsp3) is 0.500. The molecule has 272 valence electrons. The van der Waals surface area contributed by atoms with Crippen molar-refractivity contribution >= 4 is 29.4 Å². The molecule has 50 heavy (non-hydrogen) atoms. The molecule has 0 unspecified atom stereocenters. The van der Waals surface area contributed by atoms with Crippen LogP contribution in [0.25, 0.3) is 0 Å². The molecule has 14 heteroatoms. The van der Waals surface area contributed by atoms with Gasteiger partial charge in [0.2, 0.25) is 0 Å². The van der Waals surface area contributed by atoms with E-state index in [0.29, 0.717) is 57.8 Å². The summed E-state index contributed by atoms with van der Waals surface area (Å²) in [6.45, 7) is 0. The predicted molar refractivity (Wildman–Crippen MR) is 171 cm³/mol. The van der Waals surface area contributed by atoms with E-state index < -0.39 is 116 Å². The van der Waals surface area contributed by atoms with Crippen LogP contribution in [0.5, 0.6) is 0 Å². The standard InChI is InChI=1S/C36H36BF12P/c38-22-16-23(39)32(45)28(31(22)44)37(29-33(46)24(40)17-25(41)34(29)47,30-35(48)26(42)18-27(43)36(30)49)50(19-10-4-1-5-11-19,20-12-6-2-7-13-20)21-14-8-3-9-15-21/h16-21H,1-15H2. The van der Waals surface area contributed by atoms with Gasteiger partial charge in [0, 0.05) is 35.2 Å². The summed E-state index contributed by atoms with van der Waals surface area (Å²) in [7, 11) is -4.29. The second kappa shape index (κ2) is 14.4. The predicted octanol–water partition coefficient (Wildman–Crippen LogP) is 10.3. The Balaban J connectivity index is 2.04. The Morgan fingerprint density at radius 3 is 0.740 bits per heavy atom. The number of hydrogen-bond acceptors (Lipinski definition) is 0. The van der Waals surface area contributed by atoms with Crippen molar-refractivity contribution in [2.75, 3.05) is 0 Å². The molecule has 6 rings (SSSR count). The van der Waals surface area contributed by atoms with Gasteiger partial charge in [-0.3, -0.25) is 0 Å². The fourth-order valence-corrected chi connectivity index (χ4v) is 19.9. The maximum absolute atomic E-state index is 16.9. The second-order valence-corrected chi connectivity index (χ2v) is 19.0. The van der Waals surface area contributed by atoms with Gasteiger partial charge in [-0.05, 0) is 77.0 Å². The Hall–Kier alpha value is -2.69. The van der Waals surface area contributed by atoms with E-state index in [0.717, 1.165) is 0 Å². The minimum atomic E-state index is -5.03. The largest absolute Gasteiger partial charge is 0.264 e. The highest BCUT2D eigenvalue weighted by molar-refractivity contribution is 8.14. The summed E-state index contributed by atoms with van der Waals surface area (Å²) in [5.41, 5.74) is -8.28. The zero-order chi connectivity index (χ0) is 36.1. The molecule has 0 heterocycles. The highest BCUT2D eigenvalue weighted by Crippen LogP contribution is 2.81. The lowest BCUT2D eigenvalue weighted by Crippen LogP contribution is -2.77. The number of hydrogen-bond donors (Lipinski definition) is 0. The monoisotopic (exact) mass is 738 g/mol. The van der Waals surface area contributed by atoms with Crippen LogP contribution in [0.3, 0.4) is 0 Å². The molecule has 3 aromatic carbocycles. The molecule has 3 aliphatic carbocycles. The van der Waals surface area contributed by atoms with Crippen LogP contribution >= 0.6 is 7.14 Å². The van der Waals surface area contributed by atoms with Gasteiger partial charge in [0.1, 0.15) is 34.9 Å². The highest BCUT2D eigenvalue weighted by Gasteiger charge is 2.70. The van der Waals surface area contributed by atoms with Crippen molar-refractivity contribution in [2.45, 2.75) is 113 Å². The Labute approximate surface area is 283 Å². The minimum Gasteiger partial charge on any atom is -0.207 e. The van der Waals surface area contributed by atoms with E-state index in [1.54, 1.807) is 0 Å². The molecule has 0 N–H and O–H groups in total. The van der Waals surface area contributed by atoms with E-state index >= 15 is 52.7 Å². The quantitative estimate of drug-likeness (QED) is 0.0980. The molecule has 0 amide bonds. The van der Waals surface area contributed by atoms with Gasteiger partial charge in [0.15, 0.2) is 34.9 Å². The lowest BCUT2D eigenvalue weighted by Gasteiger charge is -2.64. The van der Waals surface area contributed by atoms with E-state index in [1.807, 2.05) is 0 Å². The maximum Gasteiger partial charge on any atom is 0.264 e. The first-order valence-corrected chi connectivity index (χ1v) is 19.4. The lowest BCUT2D eigenvalue weighted by molar-refractivity contribution is 0.450. The summed E-state index contributed by atoms with van der Waals surface area (Å²) in [5.74, 6) is -31.7. The first-order valence-electron chi connectivity index (χ1n) is 17.3. The molecule has 0 saturated heterocycles. The van der Waals surface area contributed by atoms with Gasteiger partial charge in [0.25, 0.3) is 5.87 Å². The molecule has 0 aromatic heterocycles. The summed E-state index contributed by atoms with van der Waals surface area (Å²) >= 11 is 0. The van der Waals surface area contributed by atoms with Crippen molar-refractivity contribution < 1.29 is 52.7 Å². The average molecular weight is 738 g/mol. The zero-order valence-corrected chi connectivity index (χ0v) is 28.0. The maximum atomic E-state index is 16.9. The van der Waals surface area contributed by atoms with Crippen LogP contribution < -0.4 is 16.4 Å². The van der Waals surface area contributed by atoms with Gasteiger partial charge in [0.05, 0.1) is 0 Å². The van der Waals surface area contributed by atoms with E-state index in [4.69, 9.17) is 0 Å². The average Bonchev–Trinajstić information content (AvgIpc) is 3.11. The highest BCUT2D eigenvalue weighted by atomic mass is 31.2. The molecular formula is C36H36BF12P. The van der Waals surface area contributed by atoms with Crippen molar-refractivity contribution in [3.8, 4) is 0 Å². The Kier molecular flexibility index (Phi) is 10.7. The molecule has 3 aromatic rings. The number of rotatable bonds is 7. The molecule has 0 nitrogen and oxygen atoms in total. The van der Waals surface area contributed by atoms with Crippen LogP contribution in [0.4, 0.5) is 52.7 Å². The van der Waals surface area contributed by atoms with Crippen LogP contribution in [0, 0.1) is 69.8 Å². The lowest BCUT2D eigenvalue weighted by atomic mass is 9.33. The van der Waals surface area contributed by atoms with Gasteiger partial charge in [-0.15, -0.1) is 7.14 Å². The summed E-state index contributed by atoms with van der Waals surface area (Å²) < 4.78 is 195. The summed E-state index contributed by atoms with van der Waals surface area (Å²) in [6.07, 6.45) is 5.57. The Bertz CT molecular complexity index is 1490. The van der Waals surface area contributed by atoms with Crippen LogP contribution in [-0.4, -0.2) is 22.8 Å². The van der Waals surface area contributed by atoms with Gasteiger partial charge in [-0.1, -0.05) is 35.7 Å². The van der Waals surface area contributed by atoms with Gasteiger partial charge in [-0.2, -0.15) is 0 Å². The van der Waals surface area contributed by atoms with E-state index in [9.17, 15) is 0 Å². The first kappa shape index (κ1) is 37.1. The molecule has 0 aliphatic heterocycles. The van der Waals surface area contributed by atoms with Gasteiger partial charge >= 0.3 is 0 Å². The van der Waals surface area contributed by atoms with Crippen LogP contribution in [0.1, 0.15) is 96.3 Å².